The molecule has 0 bridgehead atoms. The van der Waals surface area contributed by atoms with E-state index in [0.29, 0.717) is 6.42 Å². The Balaban J connectivity index is 4.08. The lowest BCUT2D eigenvalue weighted by Crippen LogP contribution is -2.25. The van der Waals surface area contributed by atoms with Crippen molar-refractivity contribution in [3.8, 4) is 0 Å². The van der Waals surface area contributed by atoms with Crippen LogP contribution in [0.15, 0.2) is 58.2 Å². The standard InChI is InChI=1S/C29H50NO3PS/c1-24(2)13-10-16-27(5)19-11-17-25(3)14-8-9-15-26(4)18-12-20-28(6)21-22-29(31)30-23-33-34(7,32)35/h13-15,19-20H,8-12,16-18,21-23H2,1-7H3,(H,30,31)(H,32,35)/b25-14+,26-15+,27-19+,28-20+. The highest BCUT2D eigenvalue weighted by molar-refractivity contribution is 8.09. The lowest BCUT2D eigenvalue weighted by Gasteiger charge is -2.11. The molecule has 6 heteroatoms. The molecule has 0 aliphatic heterocycles. The Morgan fingerprint density at radius 1 is 0.714 bits per heavy atom. The minimum Gasteiger partial charge on any atom is -0.345 e. The van der Waals surface area contributed by atoms with Crippen LogP contribution < -0.4 is 5.32 Å². The molecular weight excluding hydrogens is 473 g/mol. The molecule has 0 aromatic carbocycles. The molecule has 35 heavy (non-hydrogen) atoms. The summed E-state index contributed by atoms with van der Waals surface area (Å²) in [5.41, 5.74) is 7.02. The Kier molecular flexibility index (Phi) is 19.2. The highest BCUT2D eigenvalue weighted by atomic mass is 32.5. The van der Waals surface area contributed by atoms with Crippen LogP contribution in [0.25, 0.3) is 0 Å². The molecule has 0 saturated carbocycles. The van der Waals surface area contributed by atoms with Crippen LogP contribution in [0.5, 0.6) is 0 Å². The van der Waals surface area contributed by atoms with E-state index in [1.54, 1.807) is 0 Å². The summed E-state index contributed by atoms with van der Waals surface area (Å²) in [5, 5.41) is 2.63. The summed E-state index contributed by atoms with van der Waals surface area (Å²) in [6.45, 7) is 11.8. The smallest absolute Gasteiger partial charge is 0.222 e. The van der Waals surface area contributed by atoms with Gasteiger partial charge >= 0.3 is 0 Å². The molecule has 2 N–H and O–H groups in total. The van der Waals surface area contributed by atoms with Gasteiger partial charge in [0, 0.05) is 13.1 Å². The maximum atomic E-state index is 11.8. The molecule has 0 radical (unpaired) electrons. The molecule has 0 spiro atoms. The van der Waals surface area contributed by atoms with Gasteiger partial charge in [-0.1, -0.05) is 58.2 Å². The van der Waals surface area contributed by atoms with E-state index in [2.05, 4.69) is 77.2 Å². The molecular formula is C29H50NO3PS. The van der Waals surface area contributed by atoms with E-state index in [4.69, 9.17) is 16.3 Å². The van der Waals surface area contributed by atoms with Crippen molar-refractivity contribution in [2.24, 2.45) is 0 Å². The number of hydrogen-bond donors (Lipinski definition) is 2. The molecule has 0 aromatic heterocycles. The predicted molar refractivity (Wildman–Crippen MR) is 157 cm³/mol. The number of rotatable bonds is 18. The third kappa shape index (κ3) is 24.2. The van der Waals surface area contributed by atoms with Gasteiger partial charge in [-0.2, -0.15) is 0 Å². The molecule has 0 aliphatic rings. The zero-order valence-electron chi connectivity index (χ0n) is 23.3. The fourth-order valence-electron chi connectivity index (χ4n) is 3.38. The third-order valence-electron chi connectivity index (χ3n) is 5.63. The van der Waals surface area contributed by atoms with Crippen LogP contribution in [0.4, 0.5) is 0 Å². The zero-order chi connectivity index (χ0) is 26.7. The van der Waals surface area contributed by atoms with Crippen LogP contribution in [-0.4, -0.2) is 24.2 Å². The van der Waals surface area contributed by atoms with E-state index in [1.165, 1.54) is 41.0 Å². The van der Waals surface area contributed by atoms with Crippen molar-refractivity contribution in [2.45, 2.75) is 106 Å². The van der Waals surface area contributed by atoms with Crippen LogP contribution in [-0.2, 0) is 21.1 Å². The lowest BCUT2D eigenvalue weighted by molar-refractivity contribution is -0.121. The van der Waals surface area contributed by atoms with Crippen LogP contribution in [0, 0.1) is 0 Å². The van der Waals surface area contributed by atoms with Crippen molar-refractivity contribution in [2.75, 3.05) is 13.4 Å². The number of unbranched alkanes of at least 4 members (excludes halogenated alkanes) is 1. The average Bonchev–Trinajstić information content (AvgIpc) is 2.74. The van der Waals surface area contributed by atoms with E-state index < -0.39 is 6.49 Å². The highest BCUT2D eigenvalue weighted by Gasteiger charge is 2.06. The number of nitrogens with one attached hydrogen (secondary N) is 1. The number of allylic oxidation sites excluding steroid dienone is 10. The number of hydrogen-bond acceptors (Lipinski definition) is 3. The van der Waals surface area contributed by atoms with Crippen molar-refractivity contribution in [1.82, 2.24) is 5.32 Å². The minimum absolute atomic E-state index is 0.0296. The number of amides is 1. The van der Waals surface area contributed by atoms with Crippen molar-refractivity contribution >= 4 is 24.2 Å². The molecule has 1 amide bonds. The molecule has 0 aromatic rings. The second kappa shape index (κ2) is 19.9. The first-order valence-electron chi connectivity index (χ1n) is 12.9. The molecule has 0 rings (SSSR count). The quantitative estimate of drug-likeness (QED) is 0.0817. The summed E-state index contributed by atoms with van der Waals surface area (Å²) in [7, 11) is 0. The Hall–Kier alpha value is -1.26. The summed E-state index contributed by atoms with van der Waals surface area (Å²) in [6.07, 6.45) is 21.6. The van der Waals surface area contributed by atoms with Gasteiger partial charge in [0.1, 0.15) is 6.73 Å². The first kappa shape index (κ1) is 33.7. The van der Waals surface area contributed by atoms with E-state index in [-0.39, 0.29) is 12.6 Å². The van der Waals surface area contributed by atoms with Gasteiger partial charge in [-0.05, 0) is 111 Å². The van der Waals surface area contributed by atoms with Crippen molar-refractivity contribution in [1.29, 1.82) is 0 Å². The van der Waals surface area contributed by atoms with Gasteiger partial charge in [-0.15, -0.1) is 0 Å². The normalized spacial score (nSPS) is 15.1. The molecule has 0 saturated heterocycles. The Morgan fingerprint density at radius 2 is 1.11 bits per heavy atom. The van der Waals surface area contributed by atoms with Gasteiger partial charge in [0.25, 0.3) is 0 Å². The SMILES string of the molecule is CC(C)=CCC/C(C)=C/CC/C(C)=C/CC/C=C(\C)CC/C=C(\C)CCC(=O)NCOP(C)(O)=S. The molecule has 0 heterocycles. The fourth-order valence-corrected chi connectivity index (χ4v) is 3.84. The topological polar surface area (TPSA) is 58.6 Å². The van der Waals surface area contributed by atoms with Gasteiger partial charge in [0.15, 0.2) is 6.49 Å². The average molecular weight is 524 g/mol. The van der Waals surface area contributed by atoms with Crippen LogP contribution in [0.3, 0.4) is 0 Å². The molecule has 4 nitrogen and oxygen atoms in total. The van der Waals surface area contributed by atoms with E-state index >= 15 is 0 Å². The second-order valence-electron chi connectivity index (χ2n) is 9.85. The summed E-state index contributed by atoms with van der Waals surface area (Å²) in [4.78, 5) is 21.2. The fraction of sp³-hybridized carbons (Fsp3) is 0.621. The van der Waals surface area contributed by atoms with Gasteiger partial charge in [-0.25, -0.2) is 0 Å². The summed E-state index contributed by atoms with van der Waals surface area (Å²) in [6, 6.07) is 0. The molecule has 0 aliphatic carbocycles. The largest absolute Gasteiger partial charge is 0.345 e. The first-order valence-corrected chi connectivity index (χ1v) is 16.0. The molecule has 200 valence electrons. The summed E-state index contributed by atoms with van der Waals surface area (Å²) in [5.74, 6) is -0.0914. The third-order valence-corrected chi connectivity index (χ3v) is 6.55. The summed E-state index contributed by atoms with van der Waals surface area (Å²) < 4.78 is 5.02. The van der Waals surface area contributed by atoms with Gasteiger partial charge < -0.3 is 14.7 Å². The maximum absolute atomic E-state index is 11.8. The van der Waals surface area contributed by atoms with Crippen molar-refractivity contribution < 1.29 is 14.2 Å². The lowest BCUT2D eigenvalue weighted by atomic mass is 10.0. The van der Waals surface area contributed by atoms with Crippen LogP contribution in [0.2, 0.25) is 0 Å². The Labute approximate surface area is 220 Å². The van der Waals surface area contributed by atoms with Crippen LogP contribution >= 0.6 is 6.49 Å². The van der Waals surface area contributed by atoms with E-state index in [9.17, 15) is 9.69 Å². The zero-order valence-corrected chi connectivity index (χ0v) is 25.0. The maximum Gasteiger partial charge on any atom is 0.222 e. The highest BCUT2D eigenvalue weighted by Crippen LogP contribution is 2.36. The molecule has 0 fully saturated rings. The van der Waals surface area contributed by atoms with Crippen LogP contribution in [0.1, 0.15) is 106 Å². The number of carbonyl (C=O) groups is 1. The Bertz CT molecular complexity index is 827. The van der Waals surface area contributed by atoms with Crippen molar-refractivity contribution in [3.63, 3.8) is 0 Å². The van der Waals surface area contributed by atoms with E-state index in [1.807, 2.05) is 0 Å². The molecule has 1 unspecified atom stereocenters. The Morgan fingerprint density at radius 3 is 1.54 bits per heavy atom. The van der Waals surface area contributed by atoms with Gasteiger partial charge in [0.2, 0.25) is 5.91 Å². The number of carbonyl (C=O) groups excluding carboxylic acids is 1. The first-order chi connectivity index (χ1) is 16.4. The second-order valence-corrected chi connectivity index (χ2v) is 13.7. The van der Waals surface area contributed by atoms with E-state index in [0.717, 1.165) is 51.4 Å². The van der Waals surface area contributed by atoms with Gasteiger partial charge in [0.05, 0.1) is 0 Å². The summed E-state index contributed by atoms with van der Waals surface area (Å²) >= 11 is 4.77. The monoisotopic (exact) mass is 523 g/mol. The molecule has 1 atom stereocenters. The predicted octanol–water partition coefficient (Wildman–Crippen LogP) is 8.66. The minimum atomic E-state index is -2.72. The van der Waals surface area contributed by atoms with Gasteiger partial charge in [-0.3, -0.25) is 4.79 Å². The van der Waals surface area contributed by atoms with Crippen molar-refractivity contribution in [3.05, 3.63) is 58.2 Å².